The Morgan fingerprint density at radius 2 is 1.76 bits per heavy atom. The maximum atomic E-state index is 8.82. The lowest BCUT2D eigenvalue weighted by Crippen LogP contribution is -2.24. The third-order valence-electron chi connectivity index (χ3n) is 3.07. The first kappa shape index (κ1) is 13.7. The summed E-state index contributed by atoms with van der Waals surface area (Å²) < 4.78 is 0. The van der Waals surface area contributed by atoms with E-state index in [0.29, 0.717) is 0 Å². The van der Waals surface area contributed by atoms with Crippen LogP contribution in [0.1, 0.15) is 29.2 Å². The molecule has 1 atom stereocenters. The van der Waals surface area contributed by atoms with Crippen molar-refractivity contribution in [3.63, 3.8) is 0 Å². The summed E-state index contributed by atoms with van der Waals surface area (Å²) >= 11 is 0. The minimum absolute atomic E-state index is 0.0889. The number of hydrogen-bond donors (Lipinski definition) is 0. The monoisotopic (exact) mass is 230 g/mol. The first-order valence-electron chi connectivity index (χ1n) is 6.09. The molecule has 0 bridgehead atoms. The van der Waals surface area contributed by atoms with E-state index in [9.17, 15) is 0 Å². The normalized spacial score (nSPS) is 12.5. The Kier molecular flexibility index (Phi) is 4.72. The van der Waals surface area contributed by atoms with Crippen molar-refractivity contribution in [3.8, 4) is 6.07 Å². The maximum absolute atomic E-state index is 8.82. The van der Waals surface area contributed by atoms with Crippen molar-refractivity contribution < 1.29 is 0 Å². The highest BCUT2D eigenvalue weighted by Gasteiger charge is 2.09. The average Bonchev–Trinajstić information content (AvgIpc) is 2.23. The molecule has 2 nitrogen and oxygen atoms in total. The van der Waals surface area contributed by atoms with Crippen LogP contribution in [0.25, 0.3) is 0 Å². The van der Waals surface area contributed by atoms with Crippen LogP contribution in [0.3, 0.4) is 0 Å². The number of rotatable bonds is 4. The second kappa shape index (κ2) is 5.84. The van der Waals surface area contributed by atoms with Crippen LogP contribution in [0.2, 0.25) is 0 Å². The van der Waals surface area contributed by atoms with Gasteiger partial charge in [0.2, 0.25) is 0 Å². The Bertz CT molecular complexity index is 406. The van der Waals surface area contributed by atoms with Gasteiger partial charge in [0, 0.05) is 13.1 Å². The van der Waals surface area contributed by atoms with E-state index in [1.165, 1.54) is 22.3 Å². The van der Waals surface area contributed by atoms with E-state index in [0.717, 1.165) is 13.1 Å². The van der Waals surface area contributed by atoms with Crippen molar-refractivity contribution in [2.75, 3.05) is 13.6 Å². The fourth-order valence-corrected chi connectivity index (χ4v) is 2.30. The molecule has 0 radical (unpaired) electrons. The molecule has 1 aromatic rings. The van der Waals surface area contributed by atoms with E-state index in [1.807, 2.05) is 6.92 Å². The lowest BCUT2D eigenvalue weighted by Gasteiger charge is -2.21. The van der Waals surface area contributed by atoms with Crippen molar-refractivity contribution in [1.29, 1.82) is 5.26 Å². The molecule has 0 fully saturated rings. The Balaban J connectivity index is 2.79. The number of hydrogen-bond acceptors (Lipinski definition) is 2. The van der Waals surface area contributed by atoms with Gasteiger partial charge in [-0.3, -0.25) is 0 Å². The van der Waals surface area contributed by atoms with Gasteiger partial charge >= 0.3 is 0 Å². The molecule has 17 heavy (non-hydrogen) atoms. The molecule has 0 saturated carbocycles. The summed E-state index contributed by atoms with van der Waals surface area (Å²) in [6.07, 6.45) is 0. The number of nitriles is 1. The molecule has 92 valence electrons. The number of benzene rings is 1. The van der Waals surface area contributed by atoms with Crippen LogP contribution in [0.4, 0.5) is 0 Å². The van der Waals surface area contributed by atoms with Crippen LogP contribution >= 0.6 is 0 Å². The second-order valence-corrected chi connectivity index (χ2v) is 5.10. The predicted octanol–water partition coefficient (Wildman–Crippen LogP) is 3.20. The van der Waals surface area contributed by atoms with Crippen LogP contribution in [0.15, 0.2) is 12.1 Å². The summed E-state index contributed by atoms with van der Waals surface area (Å²) in [5.41, 5.74) is 5.40. The molecule has 0 N–H and O–H groups in total. The van der Waals surface area contributed by atoms with Gasteiger partial charge in [0.15, 0.2) is 0 Å². The second-order valence-electron chi connectivity index (χ2n) is 5.10. The molecule has 0 aliphatic rings. The zero-order valence-corrected chi connectivity index (χ0v) is 11.5. The molecule has 1 rings (SSSR count). The van der Waals surface area contributed by atoms with Crippen molar-refractivity contribution in [2.45, 2.75) is 34.2 Å². The van der Waals surface area contributed by atoms with Gasteiger partial charge in [0.25, 0.3) is 0 Å². The van der Waals surface area contributed by atoms with Gasteiger partial charge in [0.1, 0.15) is 0 Å². The Morgan fingerprint density at radius 3 is 2.24 bits per heavy atom. The van der Waals surface area contributed by atoms with Gasteiger partial charge in [0.05, 0.1) is 12.0 Å². The summed E-state index contributed by atoms with van der Waals surface area (Å²) in [5, 5.41) is 8.82. The fraction of sp³-hybridized carbons (Fsp3) is 0.533. The molecule has 0 aliphatic carbocycles. The first-order chi connectivity index (χ1) is 7.93. The molecule has 0 heterocycles. The van der Waals surface area contributed by atoms with E-state index in [1.54, 1.807) is 0 Å². The van der Waals surface area contributed by atoms with Crippen LogP contribution in [0.5, 0.6) is 0 Å². The average molecular weight is 230 g/mol. The SMILES string of the molecule is Cc1cc(C)c(CN(C)CC(C)C#N)c(C)c1. The molecule has 0 spiro atoms. The largest absolute Gasteiger partial charge is 0.301 e. The van der Waals surface area contributed by atoms with Crippen LogP contribution in [0, 0.1) is 38.0 Å². The molecule has 1 unspecified atom stereocenters. The van der Waals surface area contributed by atoms with Crippen LogP contribution in [-0.2, 0) is 6.54 Å². The summed E-state index contributed by atoms with van der Waals surface area (Å²) in [5.74, 6) is 0.0889. The molecule has 0 amide bonds. The highest BCUT2D eigenvalue weighted by atomic mass is 15.1. The third-order valence-corrected chi connectivity index (χ3v) is 3.07. The van der Waals surface area contributed by atoms with E-state index in [4.69, 9.17) is 5.26 Å². The van der Waals surface area contributed by atoms with Gasteiger partial charge < -0.3 is 4.90 Å². The molecular weight excluding hydrogens is 208 g/mol. The van der Waals surface area contributed by atoms with Gasteiger partial charge in [-0.2, -0.15) is 5.26 Å². The van der Waals surface area contributed by atoms with Crippen molar-refractivity contribution >= 4 is 0 Å². The molecule has 2 heteroatoms. The lowest BCUT2D eigenvalue weighted by molar-refractivity contribution is 0.302. The van der Waals surface area contributed by atoms with Gasteiger partial charge in [-0.25, -0.2) is 0 Å². The molecule has 0 aromatic heterocycles. The smallest absolute Gasteiger partial charge is 0.0666 e. The number of aryl methyl sites for hydroxylation is 3. The van der Waals surface area contributed by atoms with Gasteiger partial charge in [-0.05, 0) is 51.4 Å². The molecule has 1 aromatic carbocycles. The highest BCUT2D eigenvalue weighted by Crippen LogP contribution is 2.18. The van der Waals surface area contributed by atoms with Crippen molar-refractivity contribution in [1.82, 2.24) is 4.90 Å². The summed E-state index contributed by atoms with van der Waals surface area (Å²) in [6.45, 7) is 10.2. The van der Waals surface area contributed by atoms with E-state index in [-0.39, 0.29) is 5.92 Å². The third kappa shape index (κ3) is 3.87. The Hall–Kier alpha value is -1.33. The van der Waals surface area contributed by atoms with Crippen LogP contribution < -0.4 is 0 Å². The summed E-state index contributed by atoms with van der Waals surface area (Å²) in [4.78, 5) is 2.22. The quantitative estimate of drug-likeness (QED) is 0.794. The van der Waals surface area contributed by atoms with Gasteiger partial charge in [-0.15, -0.1) is 0 Å². The van der Waals surface area contributed by atoms with E-state index < -0.39 is 0 Å². The Labute approximate surface area is 105 Å². The zero-order chi connectivity index (χ0) is 13.0. The standard InChI is InChI=1S/C15H22N2/c1-11-6-13(3)15(14(4)7-11)10-17(5)9-12(2)8-16/h6-7,12H,9-10H2,1-5H3. The molecule has 0 aliphatic heterocycles. The van der Waals surface area contributed by atoms with E-state index >= 15 is 0 Å². The zero-order valence-electron chi connectivity index (χ0n) is 11.5. The van der Waals surface area contributed by atoms with Gasteiger partial charge in [-0.1, -0.05) is 17.7 Å². The van der Waals surface area contributed by atoms with Crippen LogP contribution in [-0.4, -0.2) is 18.5 Å². The topological polar surface area (TPSA) is 27.0 Å². The summed E-state index contributed by atoms with van der Waals surface area (Å²) in [7, 11) is 2.08. The number of nitrogens with zero attached hydrogens (tertiary/aromatic N) is 2. The molecular formula is C15H22N2. The van der Waals surface area contributed by atoms with E-state index in [2.05, 4.69) is 50.9 Å². The highest BCUT2D eigenvalue weighted by molar-refractivity contribution is 5.37. The lowest BCUT2D eigenvalue weighted by atomic mass is 9.99. The van der Waals surface area contributed by atoms with Crippen molar-refractivity contribution in [3.05, 3.63) is 34.4 Å². The maximum Gasteiger partial charge on any atom is 0.0666 e. The minimum atomic E-state index is 0.0889. The predicted molar refractivity (Wildman–Crippen MR) is 71.8 cm³/mol. The Morgan fingerprint density at radius 1 is 1.24 bits per heavy atom. The fourth-order valence-electron chi connectivity index (χ4n) is 2.30. The first-order valence-corrected chi connectivity index (χ1v) is 6.09. The summed E-state index contributed by atoms with van der Waals surface area (Å²) in [6, 6.07) is 6.73. The molecule has 0 saturated heterocycles. The minimum Gasteiger partial charge on any atom is -0.301 e. The van der Waals surface area contributed by atoms with Crippen molar-refractivity contribution in [2.24, 2.45) is 5.92 Å².